The van der Waals surface area contributed by atoms with Crippen molar-refractivity contribution in [3.63, 3.8) is 0 Å². The average Bonchev–Trinajstić information content (AvgIpc) is 2.78. The predicted octanol–water partition coefficient (Wildman–Crippen LogP) is 2.42. The molecule has 0 spiro atoms. The van der Waals surface area contributed by atoms with Crippen molar-refractivity contribution in [2.24, 2.45) is 5.92 Å². The molecule has 1 aliphatic heterocycles. The van der Waals surface area contributed by atoms with Crippen LogP contribution in [0.25, 0.3) is 0 Å². The SMILES string of the molecule is CCC1CCN(c2ccc(CO)cc2)C1. The maximum atomic E-state index is 8.96. The molecular weight excluding hydrogens is 186 g/mol. The van der Waals surface area contributed by atoms with E-state index in [-0.39, 0.29) is 6.61 Å². The van der Waals surface area contributed by atoms with Crippen LogP contribution in [0, 0.1) is 5.92 Å². The Balaban J connectivity index is 2.04. The molecule has 2 nitrogen and oxygen atoms in total. The summed E-state index contributed by atoms with van der Waals surface area (Å²) in [5, 5.41) is 8.96. The van der Waals surface area contributed by atoms with E-state index < -0.39 is 0 Å². The molecule has 0 amide bonds. The second-order valence-corrected chi connectivity index (χ2v) is 4.33. The first-order valence-corrected chi connectivity index (χ1v) is 5.78. The molecule has 1 atom stereocenters. The van der Waals surface area contributed by atoms with Crippen LogP contribution in [0.4, 0.5) is 5.69 Å². The fourth-order valence-electron chi connectivity index (χ4n) is 2.21. The fourth-order valence-corrected chi connectivity index (χ4v) is 2.21. The van der Waals surface area contributed by atoms with Crippen LogP contribution >= 0.6 is 0 Å². The number of anilines is 1. The van der Waals surface area contributed by atoms with E-state index in [0.717, 1.165) is 11.5 Å². The summed E-state index contributed by atoms with van der Waals surface area (Å²) in [5.74, 6) is 0.863. The highest BCUT2D eigenvalue weighted by Gasteiger charge is 2.20. The normalized spacial score (nSPS) is 20.9. The van der Waals surface area contributed by atoms with Gasteiger partial charge in [-0.2, -0.15) is 0 Å². The molecule has 2 rings (SSSR count). The van der Waals surface area contributed by atoms with Gasteiger partial charge in [-0.25, -0.2) is 0 Å². The van der Waals surface area contributed by atoms with Gasteiger partial charge in [0, 0.05) is 18.8 Å². The Hall–Kier alpha value is -1.02. The Kier molecular flexibility index (Phi) is 3.27. The quantitative estimate of drug-likeness (QED) is 0.819. The largest absolute Gasteiger partial charge is 0.392 e. The minimum Gasteiger partial charge on any atom is -0.392 e. The summed E-state index contributed by atoms with van der Waals surface area (Å²) < 4.78 is 0. The molecule has 1 saturated heterocycles. The average molecular weight is 205 g/mol. The molecule has 1 aliphatic rings. The molecule has 1 aromatic carbocycles. The predicted molar refractivity (Wildman–Crippen MR) is 63.0 cm³/mol. The van der Waals surface area contributed by atoms with Crippen LogP contribution in [-0.2, 0) is 6.61 Å². The second-order valence-electron chi connectivity index (χ2n) is 4.33. The van der Waals surface area contributed by atoms with Crippen LogP contribution in [0.1, 0.15) is 25.3 Å². The molecule has 2 heteroatoms. The van der Waals surface area contributed by atoms with Gasteiger partial charge in [0.15, 0.2) is 0 Å². The van der Waals surface area contributed by atoms with Gasteiger partial charge < -0.3 is 10.0 Å². The van der Waals surface area contributed by atoms with Crippen molar-refractivity contribution in [1.29, 1.82) is 0 Å². The van der Waals surface area contributed by atoms with Crippen molar-refractivity contribution >= 4 is 5.69 Å². The highest BCUT2D eigenvalue weighted by Crippen LogP contribution is 2.25. The van der Waals surface area contributed by atoms with Crippen LogP contribution in [0.3, 0.4) is 0 Å². The minimum atomic E-state index is 0.137. The fraction of sp³-hybridized carbons (Fsp3) is 0.538. The molecule has 1 unspecified atom stereocenters. The first-order chi connectivity index (χ1) is 7.33. The van der Waals surface area contributed by atoms with Gasteiger partial charge in [0.05, 0.1) is 6.61 Å². The molecule has 15 heavy (non-hydrogen) atoms. The third-order valence-electron chi connectivity index (χ3n) is 3.35. The van der Waals surface area contributed by atoms with E-state index in [4.69, 9.17) is 5.11 Å². The third-order valence-corrected chi connectivity index (χ3v) is 3.35. The molecule has 0 aliphatic carbocycles. The zero-order valence-corrected chi connectivity index (χ0v) is 9.32. The van der Waals surface area contributed by atoms with E-state index in [2.05, 4.69) is 24.0 Å². The maximum absolute atomic E-state index is 8.96. The van der Waals surface area contributed by atoms with Crippen molar-refractivity contribution in [2.45, 2.75) is 26.4 Å². The topological polar surface area (TPSA) is 23.5 Å². The summed E-state index contributed by atoms with van der Waals surface area (Å²) in [6.07, 6.45) is 2.60. The Bertz CT molecular complexity index is 307. The standard InChI is InChI=1S/C13H19NO/c1-2-11-7-8-14(9-11)13-5-3-12(10-15)4-6-13/h3-6,11,15H,2,7-10H2,1H3. The minimum absolute atomic E-state index is 0.137. The van der Waals surface area contributed by atoms with Gasteiger partial charge in [-0.05, 0) is 30.0 Å². The number of nitrogens with zero attached hydrogens (tertiary/aromatic N) is 1. The lowest BCUT2D eigenvalue weighted by atomic mass is 10.1. The van der Waals surface area contributed by atoms with Gasteiger partial charge in [0.1, 0.15) is 0 Å². The molecule has 0 aromatic heterocycles. The van der Waals surface area contributed by atoms with E-state index >= 15 is 0 Å². The van der Waals surface area contributed by atoms with Gasteiger partial charge in [-0.1, -0.05) is 25.5 Å². The molecule has 1 fully saturated rings. The number of benzene rings is 1. The summed E-state index contributed by atoms with van der Waals surface area (Å²) in [7, 11) is 0. The van der Waals surface area contributed by atoms with Crippen LogP contribution in [-0.4, -0.2) is 18.2 Å². The van der Waals surface area contributed by atoms with Gasteiger partial charge in [-0.15, -0.1) is 0 Å². The lowest BCUT2D eigenvalue weighted by Gasteiger charge is -2.18. The number of hydrogen-bond acceptors (Lipinski definition) is 2. The molecular formula is C13H19NO. The van der Waals surface area contributed by atoms with E-state index in [1.807, 2.05) is 12.1 Å². The van der Waals surface area contributed by atoms with E-state index in [1.165, 1.54) is 31.6 Å². The van der Waals surface area contributed by atoms with Gasteiger partial charge in [-0.3, -0.25) is 0 Å². The Morgan fingerprint density at radius 1 is 1.33 bits per heavy atom. The Labute approximate surface area is 91.5 Å². The van der Waals surface area contributed by atoms with Crippen molar-refractivity contribution in [2.75, 3.05) is 18.0 Å². The van der Waals surface area contributed by atoms with Gasteiger partial charge in [0.2, 0.25) is 0 Å². The van der Waals surface area contributed by atoms with Crippen molar-refractivity contribution < 1.29 is 5.11 Å². The summed E-state index contributed by atoms with van der Waals surface area (Å²) in [5.41, 5.74) is 2.29. The molecule has 0 bridgehead atoms. The van der Waals surface area contributed by atoms with Gasteiger partial charge >= 0.3 is 0 Å². The van der Waals surface area contributed by atoms with E-state index in [9.17, 15) is 0 Å². The lowest BCUT2D eigenvalue weighted by Crippen LogP contribution is -2.19. The van der Waals surface area contributed by atoms with Crippen molar-refractivity contribution in [3.8, 4) is 0 Å². The van der Waals surface area contributed by atoms with Crippen LogP contribution in [0.5, 0.6) is 0 Å². The molecule has 82 valence electrons. The first kappa shape index (κ1) is 10.5. The monoisotopic (exact) mass is 205 g/mol. The third kappa shape index (κ3) is 2.32. The zero-order valence-electron chi connectivity index (χ0n) is 9.32. The van der Waals surface area contributed by atoms with Crippen LogP contribution in [0.15, 0.2) is 24.3 Å². The zero-order chi connectivity index (χ0) is 10.7. The second kappa shape index (κ2) is 4.67. The van der Waals surface area contributed by atoms with Crippen molar-refractivity contribution in [3.05, 3.63) is 29.8 Å². The van der Waals surface area contributed by atoms with Crippen molar-refractivity contribution in [1.82, 2.24) is 0 Å². The molecule has 0 radical (unpaired) electrons. The summed E-state index contributed by atoms with van der Waals surface area (Å²) in [4.78, 5) is 2.44. The summed E-state index contributed by atoms with van der Waals surface area (Å²) >= 11 is 0. The number of aliphatic hydroxyl groups is 1. The van der Waals surface area contributed by atoms with Crippen LogP contribution < -0.4 is 4.90 Å². The maximum Gasteiger partial charge on any atom is 0.0681 e. The number of aliphatic hydroxyl groups excluding tert-OH is 1. The van der Waals surface area contributed by atoms with Gasteiger partial charge in [0.25, 0.3) is 0 Å². The highest BCUT2D eigenvalue weighted by molar-refractivity contribution is 5.48. The highest BCUT2D eigenvalue weighted by atomic mass is 16.3. The number of rotatable bonds is 3. The van der Waals surface area contributed by atoms with E-state index in [0.29, 0.717) is 0 Å². The smallest absolute Gasteiger partial charge is 0.0681 e. The molecule has 1 heterocycles. The lowest BCUT2D eigenvalue weighted by molar-refractivity contribution is 0.282. The van der Waals surface area contributed by atoms with Crippen LogP contribution in [0.2, 0.25) is 0 Å². The Morgan fingerprint density at radius 3 is 2.60 bits per heavy atom. The van der Waals surface area contributed by atoms with E-state index in [1.54, 1.807) is 0 Å². The first-order valence-electron chi connectivity index (χ1n) is 5.78. The molecule has 0 saturated carbocycles. The Morgan fingerprint density at radius 2 is 2.07 bits per heavy atom. The number of hydrogen-bond donors (Lipinski definition) is 1. The summed E-state index contributed by atoms with van der Waals surface area (Å²) in [6, 6.07) is 8.25. The molecule has 1 N–H and O–H groups in total. The molecule has 1 aromatic rings. The summed E-state index contributed by atoms with van der Waals surface area (Å²) in [6.45, 7) is 4.77.